The summed E-state index contributed by atoms with van der Waals surface area (Å²) >= 11 is 7.19. The van der Waals surface area contributed by atoms with Gasteiger partial charge in [-0.05, 0) is 6.92 Å². The number of epoxide rings is 1. The van der Waals surface area contributed by atoms with Gasteiger partial charge in [-0.15, -0.1) is 0 Å². The molecule has 0 amide bonds. The molecule has 1 saturated heterocycles. The monoisotopic (exact) mass is 322 g/mol. The first-order valence-corrected chi connectivity index (χ1v) is 6.16. The van der Waals surface area contributed by atoms with Crippen molar-refractivity contribution in [3.8, 4) is 0 Å². The van der Waals surface area contributed by atoms with Gasteiger partial charge in [-0.1, -0.05) is 50.1 Å². The SMILES string of the molecule is CC1(Br)C(Br)=CC=CC1OCC1CO1. The smallest absolute Gasteiger partial charge is 0.104 e. The molecule has 1 fully saturated rings. The highest BCUT2D eigenvalue weighted by molar-refractivity contribution is 9.14. The van der Waals surface area contributed by atoms with Gasteiger partial charge in [0.25, 0.3) is 0 Å². The summed E-state index contributed by atoms with van der Waals surface area (Å²) in [6.07, 6.45) is 6.47. The van der Waals surface area contributed by atoms with E-state index in [1.807, 2.05) is 12.2 Å². The second-order valence-corrected chi connectivity index (χ2v) is 6.19. The standard InChI is InChI=1S/C10H12Br2O2/c1-10(12)8(11)3-2-4-9(10)14-6-7-5-13-7/h2-4,7,9H,5-6H2,1H3. The van der Waals surface area contributed by atoms with E-state index in [0.717, 1.165) is 11.1 Å². The molecule has 14 heavy (non-hydrogen) atoms. The Morgan fingerprint density at radius 2 is 2.43 bits per heavy atom. The topological polar surface area (TPSA) is 21.8 Å². The minimum Gasteiger partial charge on any atom is -0.371 e. The average molecular weight is 324 g/mol. The molecule has 78 valence electrons. The molecule has 2 aliphatic rings. The molecule has 0 aromatic heterocycles. The van der Waals surface area contributed by atoms with Crippen LogP contribution in [0.2, 0.25) is 0 Å². The summed E-state index contributed by atoms with van der Waals surface area (Å²) < 4.78 is 11.8. The number of hydrogen-bond acceptors (Lipinski definition) is 2. The minimum absolute atomic E-state index is 0.0612. The van der Waals surface area contributed by atoms with E-state index in [0.29, 0.717) is 12.7 Å². The van der Waals surface area contributed by atoms with Crippen molar-refractivity contribution in [1.29, 1.82) is 0 Å². The molecule has 0 aromatic rings. The van der Waals surface area contributed by atoms with Gasteiger partial charge in [0.15, 0.2) is 0 Å². The second-order valence-electron chi connectivity index (χ2n) is 3.68. The number of rotatable bonds is 3. The van der Waals surface area contributed by atoms with Gasteiger partial charge in [-0.3, -0.25) is 0 Å². The van der Waals surface area contributed by atoms with Crippen molar-refractivity contribution >= 4 is 31.9 Å². The van der Waals surface area contributed by atoms with Crippen molar-refractivity contribution in [2.24, 2.45) is 0 Å². The van der Waals surface area contributed by atoms with E-state index in [4.69, 9.17) is 9.47 Å². The third kappa shape index (κ3) is 2.30. The lowest BCUT2D eigenvalue weighted by molar-refractivity contribution is 0.0604. The first kappa shape index (κ1) is 10.9. The number of allylic oxidation sites excluding steroid dienone is 2. The molecule has 2 rings (SSSR count). The normalized spacial score (nSPS) is 40.9. The summed E-state index contributed by atoms with van der Waals surface area (Å²) in [5.41, 5.74) is 0. The fourth-order valence-corrected chi connectivity index (χ4v) is 2.10. The van der Waals surface area contributed by atoms with Crippen molar-refractivity contribution in [3.63, 3.8) is 0 Å². The molecule has 2 nitrogen and oxygen atoms in total. The van der Waals surface area contributed by atoms with Gasteiger partial charge in [0.1, 0.15) is 6.10 Å². The van der Waals surface area contributed by atoms with Crippen molar-refractivity contribution in [2.75, 3.05) is 13.2 Å². The summed E-state index contributed by atoms with van der Waals surface area (Å²) in [6.45, 7) is 3.61. The summed E-state index contributed by atoms with van der Waals surface area (Å²) in [6, 6.07) is 0. The Balaban J connectivity index is 1.96. The van der Waals surface area contributed by atoms with Crippen LogP contribution in [-0.2, 0) is 9.47 Å². The van der Waals surface area contributed by atoms with E-state index >= 15 is 0 Å². The lowest BCUT2D eigenvalue weighted by Crippen LogP contribution is -2.36. The Labute approximate surface area is 101 Å². The number of hydrogen-bond donors (Lipinski definition) is 0. The predicted molar refractivity (Wildman–Crippen MR) is 63.0 cm³/mol. The number of alkyl halides is 1. The Kier molecular flexibility index (Phi) is 3.17. The maximum absolute atomic E-state index is 5.76. The third-order valence-electron chi connectivity index (χ3n) is 2.39. The van der Waals surface area contributed by atoms with Gasteiger partial charge in [-0.2, -0.15) is 0 Å². The van der Waals surface area contributed by atoms with Gasteiger partial charge >= 0.3 is 0 Å². The summed E-state index contributed by atoms with van der Waals surface area (Å²) in [7, 11) is 0. The van der Waals surface area contributed by atoms with Gasteiger partial charge in [0.05, 0.1) is 23.6 Å². The average Bonchev–Trinajstić information content (AvgIpc) is 2.91. The highest BCUT2D eigenvalue weighted by Gasteiger charge is 2.36. The molecule has 3 atom stereocenters. The van der Waals surface area contributed by atoms with E-state index in [9.17, 15) is 0 Å². The van der Waals surface area contributed by atoms with Gasteiger partial charge in [0, 0.05) is 4.48 Å². The van der Waals surface area contributed by atoms with Gasteiger partial charge in [-0.25, -0.2) is 0 Å². The van der Waals surface area contributed by atoms with Crippen LogP contribution < -0.4 is 0 Å². The van der Waals surface area contributed by atoms with Crippen LogP contribution in [-0.4, -0.2) is 29.7 Å². The van der Waals surface area contributed by atoms with Crippen molar-refractivity contribution < 1.29 is 9.47 Å². The van der Waals surface area contributed by atoms with E-state index in [-0.39, 0.29) is 10.4 Å². The number of halogens is 2. The summed E-state index contributed by atoms with van der Waals surface area (Å²) in [4.78, 5) is 0. The van der Waals surface area contributed by atoms with E-state index in [2.05, 4.69) is 44.9 Å². The van der Waals surface area contributed by atoms with Crippen LogP contribution in [0.1, 0.15) is 6.92 Å². The first-order valence-electron chi connectivity index (χ1n) is 4.57. The Morgan fingerprint density at radius 1 is 1.71 bits per heavy atom. The lowest BCUT2D eigenvalue weighted by Gasteiger charge is -2.32. The fourth-order valence-electron chi connectivity index (χ4n) is 1.31. The molecule has 0 spiro atoms. The van der Waals surface area contributed by atoms with Crippen LogP contribution in [0.15, 0.2) is 22.7 Å². The number of ether oxygens (including phenoxy) is 2. The molecule has 0 aromatic carbocycles. The molecule has 1 heterocycles. The van der Waals surface area contributed by atoms with Crippen molar-refractivity contribution in [2.45, 2.75) is 23.5 Å². The van der Waals surface area contributed by atoms with Gasteiger partial charge in [0.2, 0.25) is 0 Å². The van der Waals surface area contributed by atoms with Crippen LogP contribution in [0.5, 0.6) is 0 Å². The molecule has 1 aliphatic heterocycles. The van der Waals surface area contributed by atoms with E-state index in [1.165, 1.54) is 0 Å². The quantitative estimate of drug-likeness (QED) is 0.588. The molecule has 4 heteroatoms. The van der Waals surface area contributed by atoms with E-state index < -0.39 is 0 Å². The largest absolute Gasteiger partial charge is 0.371 e. The van der Waals surface area contributed by atoms with Crippen LogP contribution in [0, 0.1) is 0 Å². The summed E-state index contributed by atoms with van der Waals surface area (Å²) in [5, 5.41) is 0. The highest BCUT2D eigenvalue weighted by Crippen LogP contribution is 2.39. The predicted octanol–water partition coefficient (Wildman–Crippen LogP) is 2.77. The molecular weight excluding hydrogens is 312 g/mol. The second kappa shape index (κ2) is 4.08. The third-order valence-corrected chi connectivity index (χ3v) is 4.89. The minimum atomic E-state index is -0.156. The van der Waals surface area contributed by atoms with Gasteiger partial charge < -0.3 is 9.47 Å². The fraction of sp³-hybridized carbons (Fsp3) is 0.600. The zero-order valence-electron chi connectivity index (χ0n) is 7.87. The molecule has 0 N–H and O–H groups in total. The first-order chi connectivity index (χ1) is 6.60. The molecule has 0 radical (unpaired) electrons. The maximum Gasteiger partial charge on any atom is 0.104 e. The zero-order chi connectivity index (χ0) is 10.2. The van der Waals surface area contributed by atoms with E-state index in [1.54, 1.807) is 0 Å². The molecule has 0 bridgehead atoms. The zero-order valence-corrected chi connectivity index (χ0v) is 11.0. The van der Waals surface area contributed by atoms with Crippen LogP contribution in [0.25, 0.3) is 0 Å². The lowest BCUT2D eigenvalue weighted by atomic mass is 9.99. The maximum atomic E-state index is 5.76. The Hall–Kier alpha value is 0.360. The molecule has 3 unspecified atom stereocenters. The molecule has 0 saturated carbocycles. The van der Waals surface area contributed by atoms with Crippen LogP contribution >= 0.6 is 31.9 Å². The molecule has 1 aliphatic carbocycles. The van der Waals surface area contributed by atoms with Crippen molar-refractivity contribution in [1.82, 2.24) is 0 Å². The Bertz CT molecular complexity index is 280. The molecular formula is C10H12Br2O2. The summed E-state index contributed by atoms with van der Waals surface area (Å²) in [5.74, 6) is 0. The van der Waals surface area contributed by atoms with Crippen molar-refractivity contribution in [3.05, 3.63) is 22.7 Å². The van der Waals surface area contributed by atoms with Crippen LogP contribution in [0.3, 0.4) is 0 Å². The Morgan fingerprint density at radius 3 is 3.07 bits per heavy atom. The van der Waals surface area contributed by atoms with Crippen LogP contribution in [0.4, 0.5) is 0 Å². The highest BCUT2D eigenvalue weighted by atomic mass is 79.9.